The van der Waals surface area contributed by atoms with Gasteiger partial charge in [-0.3, -0.25) is 0 Å². The van der Waals surface area contributed by atoms with Crippen molar-refractivity contribution in [1.29, 1.82) is 0 Å². The van der Waals surface area contributed by atoms with Crippen LogP contribution < -0.4 is 5.32 Å². The van der Waals surface area contributed by atoms with Gasteiger partial charge < -0.3 is 5.32 Å². The molecule has 0 unspecified atom stereocenters. The van der Waals surface area contributed by atoms with E-state index in [1.165, 1.54) is 19.4 Å². The van der Waals surface area contributed by atoms with E-state index in [-0.39, 0.29) is 0 Å². The van der Waals surface area contributed by atoms with Crippen LogP contribution in [0.25, 0.3) is 0 Å². The first kappa shape index (κ1) is 9.96. The van der Waals surface area contributed by atoms with Crippen LogP contribution in [0.4, 0.5) is 0 Å². The summed E-state index contributed by atoms with van der Waals surface area (Å²) in [6, 6.07) is 0.689. The molecule has 1 heteroatoms. The standard InChI is InChI=1S/C9H21N/c1-5-8(3)7-10-9(4)6-2/h8-10H,5-7H2,1-4H3/t8-,9+/m0/s1. The number of hydrogen-bond donors (Lipinski definition) is 1. The van der Waals surface area contributed by atoms with Gasteiger partial charge in [-0.1, -0.05) is 27.2 Å². The molecular formula is C9H21N. The third-order valence-electron chi connectivity index (χ3n) is 2.12. The van der Waals surface area contributed by atoms with E-state index in [2.05, 4.69) is 33.0 Å². The molecule has 0 radical (unpaired) electrons. The topological polar surface area (TPSA) is 12.0 Å². The van der Waals surface area contributed by atoms with Gasteiger partial charge in [0.05, 0.1) is 0 Å². The molecule has 0 aliphatic carbocycles. The van der Waals surface area contributed by atoms with Crippen LogP contribution in [0.2, 0.25) is 0 Å². The van der Waals surface area contributed by atoms with E-state index in [1.54, 1.807) is 0 Å². The van der Waals surface area contributed by atoms with Gasteiger partial charge in [0.25, 0.3) is 0 Å². The molecule has 0 aromatic rings. The van der Waals surface area contributed by atoms with Crippen LogP contribution in [-0.2, 0) is 0 Å². The lowest BCUT2D eigenvalue weighted by molar-refractivity contribution is 0.446. The van der Waals surface area contributed by atoms with E-state index in [4.69, 9.17) is 0 Å². The summed E-state index contributed by atoms with van der Waals surface area (Å²) in [5, 5.41) is 3.48. The maximum absolute atomic E-state index is 3.48. The number of rotatable bonds is 5. The minimum atomic E-state index is 0.689. The van der Waals surface area contributed by atoms with Gasteiger partial charge in [0.1, 0.15) is 0 Å². The Morgan fingerprint density at radius 3 is 2.10 bits per heavy atom. The van der Waals surface area contributed by atoms with Crippen molar-refractivity contribution in [2.24, 2.45) is 5.92 Å². The van der Waals surface area contributed by atoms with Gasteiger partial charge in [-0.2, -0.15) is 0 Å². The van der Waals surface area contributed by atoms with Crippen molar-refractivity contribution in [2.45, 2.75) is 46.6 Å². The molecule has 0 bridgehead atoms. The lowest BCUT2D eigenvalue weighted by Crippen LogP contribution is -2.29. The first-order chi connectivity index (χ1) is 4.70. The first-order valence-corrected chi connectivity index (χ1v) is 4.44. The molecule has 10 heavy (non-hydrogen) atoms. The average molecular weight is 143 g/mol. The number of hydrogen-bond acceptors (Lipinski definition) is 1. The van der Waals surface area contributed by atoms with Crippen LogP contribution in [-0.4, -0.2) is 12.6 Å². The maximum Gasteiger partial charge on any atom is 0.00362 e. The molecule has 0 aromatic carbocycles. The summed E-state index contributed by atoms with van der Waals surface area (Å²) >= 11 is 0. The van der Waals surface area contributed by atoms with E-state index in [9.17, 15) is 0 Å². The second-order valence-corrected chi connectivity index (χ2v) is 3.23. The van der Waals surface area contributed by atoms with Crippen LogP contribution in [0.1, 0.15) is 40.5 Å². The molecule has 0 saturated carbocycles. The summed E-state index contributed by atoms with van der Waals surface area (Å²) in [5.41, 5.74) is 0. The zero-order valence-electron chi connectivity index (χ0n) is 7.78. The molecule has 0 aliphatic heterocycles. The van der Waals surface area contributed by atoms with E-state index in [0.29, 0.717) is 6.04 Å². The molecule has 0 saturated heterocycles. The van der Waals surface area contributed by atoms with E-state index >= 15 is 0 Å². The summed E-state index contributed by atoms with van der Waals surface area (Å²) < 4.78 is 0. The summed E-state index contributed by atoms with van der Waals surface area (Å²) in [5.74, 6) is 0.828. The molecule has 2 atom stereocenters. The summed E-state index contributed by atoms with van der Waals surface area (Å²) in [7, 11) is 0. The van der Waals surface area contributed by atoms with Crippen molar-refractivity contribution in [3.05, 3.63) is 0 Å². The molecule has 0 amide bonds. The highest BCUT2D eigenvalue weighted by Gasteiger charge is 2.00. The molecule has 1 nitrogen and oxygen atoms in total. The van der Waals surface area contributed by atoms with E-state index in [1.807, 2.05) is 0 Å². The van der Waals surface area contributed by atoms with Crippen LogP contribution in [0.3, 0.4) is 0 Å². The second-order valence-electron chi connectivity index (χ2n) is 3.23. The Hall–Kier alpha value is -0.0400. The molecule has 0 spiro atoms. The van der Waals surface area contributed by atoms with Crippen LogP contribution >= 0.6 is 0 Å². The summed E-state index contributed by atoms with van der Waals surface area (Å²) in [6.07, 6.45) is 2.51. The summed E-state index contributed by atoms with van der Waals surface area (Å²) in [6.45, 7) is 10.2. The van der Waals surface area contributed by atoms with Crippen LogP contribution in [0, 0.1) is 5.92 Å². The molecular weight excluding hydrogens is 122 g/mol. The zero-order valence-corrected chi connectivity index (χ0v) is 7.78. The van der Waals surface area contributed by atoms with Crippen LogP contribution in [0.5, 0.6) is 0 Å². The Kier molecular flexibility index (Phi) is 5.70. The first-order valence-electron chi connectivity index (χ1n) is 4.44. The SMILES string of the molecule is CC[C@H](C)CN[C@H](C)CC. The maximum atomic E-state index is 3.48. The van der Waals surface area contributed by atoms with Gasteiger partial charge in [-0.05, 0) is 25.8 Å². The summed E-state index contributed by atoms with van der Waals surface area (Å²) in [4.78, 5) is 0. The number of nitrogens with one attached hydrogen (secondary N) is 1. The minimum absolute atomic E-state index is 0.689. The molecule has 62 valence electrons. The van der Waals surface area contributed by atoms with Crippen molar-refractivity contribution in [3.63, 3.8) is 0 Å². The van der Waals surface area contributed by atoms with Gasteiger partial charge in [0.2, 0.25) is 0 Å². The van der Waals surface area contributed by atoms with Crippen molar-refractivity contribution in [3.8, 4) is 0 Å². The van der Waals surface area contributed by atoms with Gasteiger partial charge in [0.15, 0.2) is 0 Å². The quantitative estimate of drug-likeness (QED) is 0.623. The van der Waals surface area contributed by atoms with E-state index in [0.717, 1.165) is 5.92 Å². The van der Waals surface area contributed by atoms with Gasteiger partial charge in [0, 0.05) is 6.04 Å². The predicted molar refractivity (Wildman–Crippen MR) is 47.2 cm³/mol. The Bertz CT molecular complexity index is 61.1. The van der Waals surface area contributed by atoms with Crippen molar-refractivity contribution in [1.82, 2.24) is 5.32 Å². The monoisotopic (exact) mass is 143 g/mol. The minimum Gasteiger partial charge on any atom is -0.314 e. The predicted octanol–water partition coefficient (Wildman–Crippen LogP) is 2.42. The Labute approximate surface area is 65.2 Å². The largest absolute Gasteiger partial charge is 0.314 e. The van der Waals surface area contributed by atoms with Gasteiger partial charge in [-0.25, -0.2) is 0 Å². The van der Waals surface area contributed by atoms with Crippen LogP contribution in [0.15, 0.2) is 0 Å². The van der Waals surface area contributed by atoms with Gasteiger partial charge in [-0.15, -0.1) is 0 Å². The normalized spacial score (nSPS) is 16.8. The van der Waals surface area contributed by atoms with E-state index < -0.39 is 0 Å². The smallest absolute Gasteiger partial charge is 0.00362 e. The fourth-order valence-electron chi connectivity index (χ4n) is 0.691. The third kappa shape index (κ3) is 4.80. The lowest BCUT2D eigenvalue weighted by Gasteiger charge is -2.14. The fourth-order valence-corrected chi connectivity index (χ4v) is 0.691. The lowest BCUT2D eigenvalue weighted by atomic mass is 10.1. The van der Waals surface area contributed by atoms with Crippen molar-refractivity contribution >= 4 is 0 Å². The molecule has 0 fully saturated rings. The molecule has 0 rings (SSSR count). The van der Waals surface area contributed by atoms with Crippen molar-refractivity contribution in [2.75, 3.05) is 6.54 Å². The van der Waals surface area contributed by atoms with Gasteiger partial charge >= 0.3 is 0 Å². The Balaban J connectivity index is 3.17. The average Bonchev–Trinajstić information content (AvgIpc) is 1.99. The Morgan fingerprint density at radius 2 is 1.70 bits per heavy atom. The Morgan fingerprint density at radius 1 is 1.10 bits per heavy atom. The van der Waals surface area contributed by atoms with Crippen molar-refractivity contribution < 1.29 is 0 Å². The molecule has 0 aromatic heterocycles. The highest BCUT2D eigenvalue weighted by Crippen LogP contribution is 1.98. The highest BCUT2D eigenvalue weighted by molar-refractivity contribution is 4.60. The third-order valence-corrected chi connectivity index (χ3v) is 2.12. The fraction of sp³-hybridized carbons (Fsp3) is 1.00. The molecule has 0 aliphatic rings. The zero-order chi connectivity index (χ0) is 7.98. The highest BCUT2D eigenvalue weighted by atomic mass is 14.9. The second kappa shape index (κ2) is 5.72. The molecule has 1 N–H and O–H groups in total. The molecule has 0 heterocycles.